The first kappa shape index (κ1) is 17.2. The first-order chi connectivity index (χ1) is 7.51. The number of rotatable bonds is 6. The second kappa shape index (κ2) is 8.30. The van der Waals surface area contributed by atoms with E-state index in [1.165, 1.54) is 32.1 Å². The molecule has 0 aromatic rings. The molecule has 1 saturated carbocycles. The molecule has 104 valence electrons. The van der Waals surface area contributed by atoms with Gasteiger partial charge >= 0.3 is 0 Å². The van der Waals surface area contributed by atoms with Crippen molar-refractivity contribution in [3.8, 4) is 0 Å². The molecule has 4 heteroatoms. The van der Waals surface area contributed by atoms with Crippen molar-refractivity contribution in [3.63, 3.8) is 0 Å². The second-order valence-corrected chi connectivity index (χ2v) is 5.95. The number of aliphatic hydroxyl groups is 1. The van der Waals surface area contributed by atoms with Gasteiger partial charge in [-0.05, 0) is 32.6 Å². The third kappa shape index (κ3) is 7.98. The fraction of sp³-hybridized carbons (Fsp3) is 1.00. The minimum absolute atomic E-state index is 0. The average molecular weight is 265 g/mol. The van der Waals surface area contributed by atoms with Crippen LogP contribution in [0.4, 0.5) is 0 Å². The smallest absolute Gasteiger partial charge is 0.0558 e. The molecule has 1 aliphatic carbocycles. The highest BCUT2D eigenvalue weighted by atomic mass is 35.5. The summed E-state index contributed by atoms with van der Waals surface area (Å²) in [7, 11) is 0. The summed E-state index contributed by atoms with van der Waals surface area (Å²) >= 11 is 0. The van der Waals surface area contributed by atoms with Crippen LogP contribution in [0.5, 0.6) is 0 Å². The molecule has 0 heterocycles. The van der Waals surface area contributed by atoms with Gasteiger partial charge in [-0.2, -0.15) is 0 Å². The molecule has 3 nitrogen and oxygen atoms in total. The van der Waals surface area contributed by atoms with Crippen LogP contribution in [0.25, 0.3) is 0 Å². The summed E-state index contributed by atoms with van der Waals surface area (Å²) in [5.74, 6) is 0.822. The Morgan fingerprint density at radius 3 is 2.29 bits per heavy atom. The van der Waals surface area contributed by atoms with Crippen LogP contribution in [-0.2, 0) is 0 Å². The van der Waals surface area contributed by atoms with E-state index in [9.17, 15) is 0 Å². The van der Waals surface area contributed by atoms with E-state index in [1.54, 1.807) is 0 Å². The molecule has 0 aliphatic heterocycles. The zero-order valence-electron chi connectivity index (χ0n) is 11.3. The minimum Gasteiger partial charge on any atom is -0.395 e. The number of aliphatic hydroxyl groups excluding tert-OH is 1. The fourth-order valence-corrected chi connectivity index (χ4v) is 2.69. The van der Waals surface area contributed by atoms with Crippen molar-refractivity contribution in [2.24, 2.45) is 11.7 Å². The van der Waals surface area contributed by atoms with Crippen LogP contribution in [0.3, 0.4) is 0 Å². The summed E-state index contributed by atoms with van der Waals surface area (Å²) in [5.41, 5.74) is 5.89. The van der Waals surface area contributed by atoms with Gasteiger partial charge in [0.05, 0.1) is 6.61 Å². The zero-order chi connectivity index (χ0) is 12.0. The Hall–Kier alpha value is 0.170. The number of hydrogen-bond acceptors (Lipinski definition) is 3. The maximum Gasteiger partial charge on any atom is 0.0558 e. The van der Waals surface area contributed by atoms with E-state index < -0.39 is 0 Å². The van der Waals surface area contributed by atoms with Gasteiger partial charge in [-0.3, -0.25) is 4.90 Å². The lowest BCUT2D eigenvalue weighted by Gasteiger charge is -2.33. The predicted molar refractivity (Wildman–Crippen MR) is 75.6 cm³/mol. The maximum atomic E-state index is 9.08. The normalized spacial score (nSPS) is 18.2. The molecule has 0 atom stereocenters. The van der Waals surface area contributed by atoms with Crippen LogP contribution in [-0.4, -0.2) is 41.8 Å². The molecule has 1 fully saturated rings. The predicted octanol–water partition coefficient (Wildman–Crippen LogP) is 2.02. The van der Waals surface area contributed by atoms with Gasteiger partial charge in [0.1, 0.15) is 0 Å². The first-order valence-corrected chi connectivity index (χ1v) is 6.63. The maximum absolute atomic E-state index is 9.08. The second-order valence-electron chi connectivity index (χ2n) is 5.95. The third-order valence-corrected chi connectivity index (χ3v) is 3.29. The van der Waals surface area contributed by atoms with Crippen molar-refractivity contribution in [3.05, 3.63) is 0 Å². The van der Waals surface area contributed by atoms with Crippen LogP contribution < -0.4 is 5.73 Å². The molecule has 0 aromatic carbocycles. The van der Waals surface area contributed by atoms with E-state index in [4.69, 9.17) is 10.8 Å². The minimum atomic E-state index is -0.163. The summed E-state index contributed by atoms with van der Waals surface area (Å²) in [6.45, 7) is 7.10. The molecule has 0 aromatic heterocycles. The molecule has 0 saturated heterocycles. The van der Waals surface area contributed by atoms with Crippen LogP contribution in [0.1, 0.15) is 46.0 Å². The van der Waals surface area contributed by atoms with Gasteiger partial charge in [0.25, 0.3) is 0 Å². The van der Waals surface area contributed by atoms with Gasteiger partial charge in [-0.25, -0.2) is 0 Å². The summed E-state index contributed by atoms with van der Waals surface area (Å²) < 4.78 is 0. The highest BCUT2D eigenvalue weighted by Gasteiger charge is 2.21. The molecule has 0 spiro atoms. The number of nitrogens with two attached hydrogens (primary N) is 1. The van der Waals surface area contributed by atoms with Gasteiger partial charge in [0.2, 0.25) is 0 Å². The van der Waals surface area contributed by atoms with Crippen molar-refractivity contribution in [1.82, 2.24) is 4.90 Å². The molecule has 0 bridgehead atoms. The Bertz CT molecular complexity index is 188. The van der Waals surface area contributed by atoms with Gasteiger partial charge in [-0.1, -0.05) is 19.3 Å². The Morgan fingerprint density at radius 2 is 1.82 bits per heavy atom. The molecule has 1 aliphatic rings. The highest BCUT2D eigenvalue weighted by Crippen LogP contribution is 2.24. The number of nitrogens with zero attached hydrogens (tertiary/aromatic N) is 1. The van der Waals surface area contributed by atoms with E-state index >= 15 is 0 Å². The monoisotopic (exact) mass is 264 g/mol. The van der Waals surface area contributed by atoms with Crippen molar-refractivity contribution in [2.45, 2.75) is 51.5 Å². The summed E-state index contributed by atoms with van der Waals surface area (Å²) in [4.78, 5) is 2.33. The lowest BCUT2D eigenvalue weighted by Crippen LogP contribution is -2.47. The third-order valence-electron chi connectivity index (χ3n) is 3.29. The molecule has 17 heavy (non-hydrogen) atoms. The summed E-state index contributed by atoms with van der Waals surface area (Å²) in [6.07, 6.45) is 6.87. The van der Waals surface area contributed by atoms with Gasteiger partial charge < -0.3 is 10.8 Å². The Kier molecular flexibility index (Phi) is 8.39. The molecule has 0 amide bonds. The Labute approximate surface area is 112 Å². The summed E-state index contributed by atoms with van der Waals surface area (Å²) in [5, 5.41) is 9.08. The lowest BCUT2D eigenvalue weighted by atomic mass is 9.88. The van der Waals surface area contributed by atoms with Crippen LogP contribution >= 0.6 is 12.4 Å². The molecular weight excluding hydrogens is 236 g/mol. The van der Waals surface area contributed by atoms with Crippen molar-refractivity contribution in [1.29, 1.82) is 0 Å². The van der Waals surface area contributed by atoms with E-state index in [-0.39, 0.29) is 24.6 Å². The Morgan fingerprint density at radius 1 is 1.24 bits per heavy atom. The zero-order valence-corrected chi connectivity index (χ0v) is 12.1. The highest BCUT2D eigenvalue weighted by molar-refractivity contribution is 5.85. The van der Waals surface area contributed by atoms with Crippen LogP contribution in [0.2, 0.25) is 0 Å². The standard InChI is InChI=1S/C13H28N2O.ClH/c1-13(2,14)11-15(8-9-16)10-12-6-4-3-5-7-12;/h12,16H,3-11,14H2,1-2H3;1H. The van der Waals surface area contributed by atoms with Gasteiger partial charge in [0.15, 0.2) is 0 Å². The topological polar surface area (TPSA) is 49.5 Å². The fourth-order valence-electron chi connectivity index (χ4n) is 2.69. The average Bonchev–Trinajstić information content (AvgIpc) is 2.17. The SMILES string of the molecule is CC(C)(N)CN(CCO)CC1CCCCC1.Cl. The van der Waals surface area contributed by atoms with E-state index in [1.807, 2.05) is 0 Å². The van der Waals surface area contributed by atoms with Gasteiger partial charge in [-0.15, -0.1) is 12.4 Å². The van der Waals surface area contributed by atoms with Crippen molar-refractivity contribution in [2.75, 3.05) is 26.2 Å². The van der Waals surface area contributed by atoms with E-state index in [0.29, 0.717) is 0 Å². The van der Waals surface area contributed by atoms with Crippen molar-refractivity contribution < 1.29 is 5.11 Å². The first-order valence-electron chi connectivity index (χ1n) is 6.63. The molecular formula is C13H29ClN2O. The van der Waals surface area contributed by atoms with E-state index in [0.717, 1.165) is 25.6 Å². The molecule has 0 radical (unpaired) electrons. The summed E-state index contributed by atoms with van der Waals surface area (Å²) in [6, 6.07) is 0. The molecule has 3 N–H and O–H groups in total. The van der Waals surface area contributed by atoms with E-state index in [2.05, 4.69) is 18.7 Å². The van der Waals surface area contributed by atoms with Crippen molar-refractivity contribution >= 4 is 12.4 Å². The lowest BCUT2D eigenvalue weighted by molar-refractivity contribution is 0.140. The Balaban J connectivity index is 0.00000256. The largest absolute Gasteiger partial charge is 0.395 e. The number of hydrogen-bond donors (Lipinski definition) is 2. The molecule has 0 unspecified atom stereocenters. The quantitative estimate of drug-likeness (QED) is 0.772. The molecule has 1 rings (SSSR count). The van der Waals surface area contributed by atoms with Crippen LogP contribution in [0.15, 0.2) is 0 Å². The van der Waals surface area contributed by atoms with Crippen LogP contribution in [0, 0.1) is 5.92 Å². The number of halogens is 1. The van der Waals surface area contributed by atoms with Gasteiger partial charge in [0, 0.05) is 25.2 Å².